The van der Waals surface area contributed by atoms with Crippen LogP contribution < -0.4 is 0 Å². The lowest BCUT2D eigenvalue weighted by Crippen LogP contribution is -2.42. The van der Waals surface area contributed by atoms with E-state index in [9.17, 15) is 9.00 Å². The van der Waals surface area contributed by atoms with E-state index in [-0.39, 0.29) is 12.1 Å². The van der Waals surface area contributed by atoms with Crippen LogP contribution in [0.4, 0.5) is 4.79 Å². The Balaban J connectivity index is 2.06. The van der Waals surface area contributed by atoms with Gasteiger partial charge in [-0.25, -0.2) is 14.8 Å². The van der Waals surface area contributed by atoms with Crippen molar-refractivity contribution in [1.82, 2.24) is 14.9 Å². The van der Waals surface area contributed by atoms with Gasteiger partial charge in [0, 0.05) is 24.0 Å². The molecule has 0 bridgehead atoms. The van der Waals surface area contributed by atoms with E-state index in [2.05, 4.69) is 9.97 Å². The van der Waals surface area contributed by atoms with Gasteiger partial charge in [0.05, 0.1) is 16.6 Å². The second-order valence-corrected chi connectivity index (χ2v) is 8.30. The third-order valence-corrected chi connectivity index (χ3v) is 4.79. The van der Waals surface area contributed by atoms with E-state index in [1.54, 1.807) is 4.90 Å². The molecule has 2 heterocycles. The van der Waals surface area contributed by atoms with Gasteiger partial charge in [-0.05, 0) is 53.5 Å². The summed E-state index contributed by atoms with van der Waals surface area (Å²) in [5.41, 5.74) is 1.08. The molecule has 0 saturated carbocycles. The Labute approximate surface area is 140 Å². The van der Waals surface area contributed by atoms with E-state index in [4.69, 9.17) is 4.74 Å². The Morgan fingerprint density at radius 1 is 1.35 bits per heavy atom. The second kappa shape index (κ2) is 6.95. The van der Waals surface area contributed by atoms with Crippen molar-refractivity contribution in [2.45, 2.75) is 64.3 Å². The van der Waals surface area contributed by atoms with Gasteiger partial charge in [-0.2, -0.15) is 0 Å². The maximum absolute atomic E-state index is 12.6. The van der Waals surface area contributed by atoms with Crippen LogP contribution in [0.2, 0.25) is 0 Å². The van der Waals surface area contributed by atoms with Crippen LogP contribution in [0.5, 0.6) is 0 Å². The summed E-state index contributed by atoms with van der Waals surface area (Å²) >= 11 is 0. The van der Waals surface area contributed by atoms with Crippen molar-refractivity contribution < 1.29 is 13.7 Å². The number of ether oxygens (including phenoxy) is 1. The van der Waals surface area contributed by atoms with Crippen molar-refractivity contribution in [3.63, 3.8) is 0 Å². The molecule has 2 rings (SSSR count). The Hall–Kier alpha value is -1.50. The van der Waals surface area contributed by atoms with E-state index in [1.807, 2.05) is 40.7 Å². The predicted molar refractivity (Wildman–Crippen MR) is 88.7 cm³/mol. The summed E-state index contributed by atoms with van der Waals surface area (Å²) < 4.78 is 18.0. The summed E-state index contributed by atoms with van der Waals surface area (Å²) in [4.78, 5) is 22.5. The molecule has 1 aliphatic rings. The molecule has 1 aromatic rings. The lowest BCUT2D eigenvalue weighted by Gasteiger charge is -2.28. The third-order valence-electron chi connectivity index (χ3n) is 3.51. The van der Waals surface area contributed by atoms with Gasteiger partial charge in [-0.15, -0.1) is 0 Å². The molecule has 1 aromatic heterocycles. The minimum Gasteiger partial charge on any atom is -0.444 e. The Morgan fingerprint density at radius 2 is 1.96 bits per heavy atom. The van der Waals surface area contributed by atoms with Crippen molar-refractivity contribution >= 4 is 16.9 Å². The van der Waals surface area contributed by atoms with Crippen LogP contribution in [0, 0.1) is 13.8 Å². The smallest absolute Gasteiger partial charge is 0.410 e. The van der Waals surface area contributed by atoms with E-state index in [0.717, 1.165) is 24.2 Å². The molecule has 1 fully saturated rings. The van der Waals surface area contributed by atoms with Crippen molar-refractivity contribution in [3.05, 3.63) is 17.5 Å². The number of amides is 1. The molecule has 1 aliphatic heterocycles. The van der Waals surface area contributed by atoms with Gasteiger partial charge in [0.2, 0.25) is 5.16 Å². The summed E-state index contributed by atoms with van der Waals surface area (Å²) in [6, 6.07) is 1.76. The molecular formula is C16H25N3O3S. The van der Waals surface area contributed by atoms with Crippen LogP contribution in [0.3, 0.4) is 0 Å². The molecule has 1 saturated heterocycles. The van der Waals surface area contributed by atoms with E-state index < -0.39 is 16.4 Å². The maximum atomic E-state index is 12.6. The quantitative estimate of drug-likeness (QED) is 0.792. The van der Waals surface area contributed by atoms with Gasteiger partial charge in [-0.1, -0.05) is 0 Å². The lowest BCUT2D eigenvalue weighted by molar-refractivity contribution is 0.0241. The van der Waals surface area contributed by atoms with Crippen LogP contribution in [0.25, 0.3) is 0 Å². The first kappa shape index (κ1) is 17.8. The van der Waals surface area contributed by atoms with Crippen LogP contribution in [0.15, 0.2) is 11.2 Å². The standard InChI is InChI=1S/C16H25N3O3S/c1-11-9-12(2)18-14(17-11)23(21)10-13-7-6-8-19(13)15(20)22-16(3,4)5/h9,13H,6-8,10H2,1-5H3/t13-,23-/m0/s1. The van der Waals surface area contributed by atoms with Gasteiger partial charge in [-0.3, -0.25) is 4.21 Å². The molecule has 0 radical (unpaired) electrons. The number of nitrogens with zero attached hydrogens (tertiary/aromatic N) is 3. The highest BCUT2D eigenvalue weighted by Gasteiger charge is 2.33. The molecule has 0 N–H and O–H groups in total. The first-order chi connectivity index (χ1) is 10.7. The highest BCUT2D eigenvalue weighted by molar-refractivity contribution is 7.84. The van der Waals surface area contributed by atoms with E-state index in [0.29, 0.717) is 17.5 Å². The Bertz CT molecular complexity index is 593. The molecule has 2 atom stereocenters. The summed E-state index contributed by atoms with van der Waals surface area (Å²) in [7, 11) is -1.33. The predicted octanol–water partition coefficient (Wildman–Crippen LogP) is 2.60. The number of aryl methyl sites for hydroxylation is 2. The normalized spacial score (nSPS) is 19.7. The second-order valence-electron chi connectivity index (χ2n) is 6.92. The van der Waals surface area contributed by atoms with E-state index in [1.165, 1.54) is 0 Å². The summed E-state index contributed by atoms with van der Waals surface area (Å²) in [5, 5.41) is 0.346. The molecule has 0 aromatic carbocycles. The summed E-state index contributed by atoms with van der Waals surface area (Å²) in [6.07, 6.45) is 1.39. The van der Waals surface area contributed by atoms with Crippen LogP contribution >= 0.6 is 0 Å². The van der Waals surface area contributed by atoms with Crippen molar-refractivity contribution in [2.75, 3.05) is 12.3 Å². The number of carbonyl (C=O) groups excluding carboxylic acids is 1. The highest BCUT2D eigenvalue weighted by atomic mass is 32.2. The molecule has 0 aliphatic carbocycles. The van der Waals surface area contributed by atoms with E-state index >= 15 is 0 Å². The summed E-state index contributed by atoms with van der Waals surface area (Å²) in [5.74, 6) is 0.349. The Kier molecular flexibility index (Phi) is 5.39. The Morgan fingerprint density at radius 3 is 2.52 bits per heavy atom. The third kappa shape index (κ3) is 4.99. The maximum Gasteiger partial charge on any atom is 0.410 e. The summed E-state index contributed by atoms with van der Waals surface area (Å²) in [6.45, 7) is 9.90. The zero-order valence-corrected chi connectivity index (χ0v) is 15.3. The molecule has 23 heavy (non-hydrogen) atoms. The zero-order chi connectivity index (χ0) is 17.2. The molecular weight excluding hydrogens is 314 g/mol. The largest absolute Gasteiger partial charge is 0.444 e. The van der Waals surface area contributed by atoms with Crippen LogP contribution in [-0.2, 0) is 15.5 Å². The fourth-order valence-electron chi connectivity index (χ4n) is 2.61. The number of carbonyl (C=O) groups is 1. The first-order valence-electron chi connectivity index (χ1n) is 7.86. The minimum absolute atomic E-state index is 0.0879. The van der Waals surface area contributed by atoms with Crippen LogP contribution in [-0.4, -0.2) is 49.1 Å². The number of rotatable bonds is 3. The fraction of sp³-hybridized carbons (Fsp3) is 0.688. The number of aromatic nitrogens is 2. The van der Waals surface area contributed by atoms with Gasteiger partial charge >= 0.3 is 6.09 Å². The molecule has 6 nitrogen and oxygen atoms in total. The first-order valence-corrected chi connectivity index (χ1v) is 9.18. The molecule has 128 valence electrons. The van der Waals surface area contributed by atoms with Gasteiger partial charge in [0.1, 0.15) is 5.60 Å². The van der Waals surface area contributed by atoms with Crippen LogP contribution in [0.1, 0.15) is 45.0 Å². The minimum atomic E-state index is -1.33. The van der Waals surface area contributed by atoms with Crippen molar-refractivity contribution in [2.24, 2.45) is 0 Å². The van der Waals surface area contributed by atoms with Crippen molar-refractivity contribution in [1.29, 1.82) is 0 Å². The zero-order valence-electron chi connectivity index (χ0n) is 14.5. The topological polar surface area (TPSA) is 72.4 Å². The van der Waals surface area contributed by atoms with Crippen molar-refractivity contribution in [3.8, 4) is 0 Å². The number of hydrogen-bond donors (Lipinski definition) is 0. The van der Waals surface area contributed by atoms with Gasteiger partial charge in [0.25, 0.3) is 0 Å². The average Bonchev–Trinajstić information content (AvgIpc) is 2.83. The monoisotopic (exact) mass is 339 g/mol. The molecule has 7 heteroatoms. The van der Waals surface area contributed by atoms with Gasteiger partial charge < -0.3 is 9.64 Å². The average molecular weight is 339 g/mol. The molecule has 1 amide bonds. The fourth-order valence-corrected chi connectivity index (χ4v) is 3.95. The van der Waals surface area contributed by atoms with Gasteiger partial charge in [0.15, 0.2) is 0 Å². The lowest BCUT2D eigenvalue weighted by atomic mass is 10.2. The molecule has 0 unspecified atom stereocenters. The SMILES string of the molecule is Cc1cc(C)nc([S@@](=O)C[C@@H]2CCCN2C(=O)OC(C)(C)C)n1. The number of likely N-dealkylation sites (tertiary alicyclic amines) is 1. The molecule has 0 spiro atoms. The highest BCUT2D eigenvalue weighted by Crippen LogP contribution is 2.22. The number of hydrogen-bond acceptors (Lipinski definition) is 5.